The predicted molar refractivity (Wildman–Crippen MR) is 9.94 cm³/mol. The minimum absolute atomic E-state index is 0. The average Bonchev–Trinajstić information content (AvgIpc) is 0. The van der Waals surface area contributed by atoms with Gasteiger partial charge in [-0.25, -0.2) is 0 Å². The topological polar surface area (TPSA) is 0 Å². The third-order valence-electron chi connectivity index (χ3n) is 0. The molecule has 0 N–H and O–H groups in total. The van der Waals surface area contributed by atoms with E-state index in [1.807, 2.05) is 0 Å². The molecule has 0 heterocycles. The van der Waals surface area contributed by atoms with Gasteiger partial charge in [0.1, 0.15) is 0 Å². The van der Waals surface area contributed by atoms with Crippen LogP contribution in [0, 0.1) is 0 Å². The smallest absolute Gasteiger partial charge is 0 e. The van der Waals surface area contributed by atoms with Gasteiger partial charge in [-0.2, -0.15) is 0 Å². The van der Waals surface area contributed by atoms with Crippen molar-refractivity contribution >= 4 is 18.0 Å². The van der Waals surface area contributed by atoms with Crippen molar-refractivity contribution in [3.8, 4) is 0 Å². The largest absolute Gasteiger partial charge is 0 e. The van der Waals surface area contributed by atoms with Crippen LogP contribution < -0.4 is 0 Å². The Labute approximate surface area is 80.6 Å². The van der Waals surface area contributed by atoms with Crippen LogP contribution >= 0.6 is 0 Å². The maximum atomic E-state index is 0. The molecule has 0 rings (SSSR count). The Morgan fingerprint density at radius 3 is 1.00 bits per heavy atom. The van der Waals surface area contributed by atoms with Gasteiger partial charge in [0, 0.05) is 63.8 Å². The van der Waals surface area contributed by atoms with Gasteiger partial charge in [-0.3, -0.25) is 0 Å². The Kier molecular flexibility index (Phi) is 133. The molecule has 0 saturated carbocycles. The van der Waals surface area contributed by atoms with E-state index >= 15 is 0 Å². The van der Waals surface area contributed by atoms with E-state index < -0.39 is 0 Å². The average molecular weight is 319 g/mol. The van der Waals surface area contributed by atoms with Gasteiger partial charge in [-0.1, -0.05) is 0 Å². The summed E-state index contributed by atoms with van der Waals surface area (Å²) >= 11 is 0. The van der Waals surface area contributed by atoms with Crippen molar-refractivity contribution in [2.45, 2.75) is 0 Å². The van der Waals surface area contributed by atoms with Crippen molar-refractivity contribution in [1.29, 1.82) is 0 Å². The van der Waals surface area contributed by atoms with Gasteiger partial charge in [-0.15, -0.1) is 0 Å². The molecule has 0 aromatic carbocycles. The van der Waals surface area contributed by atoms with Gasteiger partial charge >= 0.3 is 18.0 Å². The van der Waals surface area contributed by atoms with Crippen LogP contribution in [0.3, 0.4) is 0 Å². The second kappa shape index (κ2) is 17.5. The number of hydrogen-bond acceptors (Lipinski definition) is 0. The van der Waals surface area contributed by atoms with E-state index in [1.54, 1.807) is 0 Å². The fraction of sp³-hybridized carbons (Fsp3) is 0. The summed E-state index contributed by atoms with van der Waals surface area (Å²) in [7, 11) is 0. The molecule has 0 fully saturated rings. The molecule has 1 radical (unpaired) electrons. The Hall–Kier alpha value is 2.62. The van der Waals surface area contributed by atoms with E-state index in [2.05, 4.69) is 0 Å². The second-order valence-corrected chi connectivity index (χ2v) is 0. The van der Waals surface area contributed by atoms with Crippen LogP contribution in [0.5, 0.6) is 0 Å². The first-order valence-corrected chi connectivity index (χ1v) is 0. The Morgan fingerprint density at radius 1 is 1.00 bits per heavy atom. The van der Waals surface area contributed by atoms with E-state index in [9.17, 15) is 0 Å². The van der Waals surface area contributed by atoms with E-state index in [0.29, 0.717) is 0 Å². The van der Waals surface area contributed by atoms with Gasteiger partial charge < -0.3 is 0 Å². The third kappa shape index (κ3) is 8.82. The Morgan fingerprint density at radius 2 is 1.00 bits per heavy atom. The molecule has 0 saturated heterocycles. The quantitative estimate of drug-likeness (QED) is 0.493. The minimum Gasteiger partial charge on any atom is 0 e. The summed E-state index contributed by atoms with van der Waals surface area (Å²) in [6.07, 6.45) is 0. The second-order valence-electron chi connectivity index (χ2n) is 0. The van der Waals surface area contributed by atoms with Gasteiger partial charge in [0.25, 0.3) is 0 Å². The molecule has 1 unspecified atom stereocenters. The first-order chi connectivity index (χ1) is 0. The minimum atomic E-state index is 0. The van der Waals surface area contributed by atoms with Crippen molar-refractivity contribution in [2.24, 2.45) is 0 Å². The fourth-order valence-electron chi connectivity index (χ4n) is 0. The summed E-state index contributed by atoms with van der Waals surface area (Å²) in [4.78, 5) is 0. The van der Waals surface area contributed by atoms with Crippen molar-refractivity contribution in [1.82, 2.24) is 0 Å². The molecule has 0 aromatic rings. The van der Waals surface area contributed by atoms with Crippen LogP contribution in [0.2, 0.25) is 0 Å². The maximum absolute atomic E-state index is 0. The summed E-state index contributed by atoms with van der Waals surface area (Å²) in [6, 6.07) is 0. The molecule has 4 heavy (non-hydrogen) atoms. The Bertz CT molecular complexity index is 8.00. The van der Waals surface area contributed by atoms with Crippen LogP contribution in [-0.4, -0.2) is 18.0 Å². The molecule has 0 aliphatic heterocycles. The maximum Gasteiger partial charge on any atom is 0 e. The normalized spacial score (nSPS) is 0. The molecular formula is H3AsCdCuZn. The van der Waals surface area contributed by atoms with Gasteiger partial charge in [-0.05, 0) is 0 Å². The molecule has 0 spiro atoms. The van der Waals surface area contributed by atoms with Crippen LogP contribution in [0.25, 0.3) is 0 Å². The van der Waals surface area contributed by atoms with E-state index in [4.69, 9.17) is 0 Å². The standard InChI is InChI=1S/AsH3.Cd.Cu.Zn/h1H3;;;. The van der Waals surface area contributed by atoms with Crippen molar-refractivity contribution in [2.75, 3.05) is 0 Å². The van der Waals surface area contributed by atoms with Crippen LogP contribution in [0.4, 0.5) is 0 Å². The first kappa shape index (κ1) is 30.4. The molecule has 0 amide bonds. The SMILES string of the molecule is [AsH3].[Cd].[Cu].[Zn]. The monoisotopic (exact) mass is 319 g/mol. The predicted octanol–water partition coefficient (Wildman–Crippen LogP) is -1.19. The molecule has 0 aliphatic carbocycles. The molecule has 0 nitrogen and oxygen atoms in total. The summed E-state index contributed by atoms with van der Waals surface area (Å²) in [5, 5.41) is 0. The zero-order valence-corrected chi connectivity index (χ0v) is 13.3. The van der Waals surface area contributed by atoms with Gasteiger partial charge in [0.2, 0.25) is 0 Å². The molecule has 0 aromatic heterocycles. The van der Waals surface area contributed by atoms with Crippen LogP contribution in [-0.2, 0) is 63.8 Å². The first-order valence-electron chi connectivity index (χ1n) is 0. The third-order valence-corrected chi connectivity index (χ3v) is 0. The zero-order chi connectivity index (χ0) is 0. The van der Waals surface area contributed by atoms with Crippen molar-refractivity contribution in [3.63, 3.8) is 0 Å². The van der Waals surface area contributed by atoms with Crippen LogP contribution in [0.15, 0.2) is 0 Å². The van der Waals surface area contributed by atoms with Gasteiger partial charge in [0.05, 0.1) is 0 Å². The fourth-order valence-corrected chi connectivity index (χ4v) is 0. The summed E-state index contributed by atoms with van der Waals surface area (Å²) in [5.74, 6) is 0. The van der Waals surface area contributed by atoms with Crippen molar-refractivity contribution < 1.29 is 63.8 Å². The number of hydrogen-bond donors (Lipinski definition) is 0. The number of rotatable bonds is 0. The molecule has 0 bridgehead atoms. The van der Waals surface area contributed by atoms with Crippen LogP contribution in [0.1, 0.15) is 0 Å². The van der Waals surface area contributed by atoms with Crippen molar-refractivity contribution in [3.05, 3.63) is 0 Å². The molecule has 1 atom stereocenters. The summed E-state index contributed by atoms with van der Waals surface area (Å²) in [5.41, 5.74) is 0. The summed E-state index contributed by atoms with van der Waals surface area (Å²) in [6.45, 7) is 0. The molecule has 23 valence electrons. The Balaban J connectivity index is 0. The van der Waals surface area contributed by atoms with E-state index in [-0.39, 0.29) is 81.8 Å². The zero-order valence-electron chi connectivity index (χ0n) is 2.42. The van der Waals surface area contributed by atoms with Gasteiger partial charge in [0.15, 0.2) is 0 Å². The van der Waals surface area contributed by atoms with E-state index in [1.165, 1.54) is 0 Å². The van der Waals surface area contributed by atoms with E-state index in [0.717, 1.165) is 0 Å². The molecule has 0 aliphatic rings. The molecule has 4 heteroatoms. The molecular weight excluding hydrogens is 316 g/mol. The summed E-state index contributed by atoms with van der Waals surface area (Å²) < 4.78 is 0.